The lowest BCUT2D eigenvalue weighted by Gasteiger charge is -2.20. The van der Waals surface area contributed by atoms with Gasteiger partial charge in [0.15, 0.2) is 17.7 Å². The summed E-state index contributed by atoms with van der Waals surface area (Å²) in [4.78, 5) is 12.3. The number of benzene rings is 1. The lowest BCUT2D eigenvalue weighted by Crippen LogP contribution is -2.35. The zero-order valence-electron chi connectivity index (χ0n) is 13.8. The number of anilines is 1. The predicted molar refractivity (Wildman–Crippen MR) is 95.4 cm³/mol. The molecule has 1 aliphatic rings. The number of aromatic nitrogens is 4. The van der Waals surface area contributed by atoms with Crippen molar-refractivity contribution in [3.63, 3.8) is 0 Å². The van der Waals surface area contributed by atoms with Gasteiger partial charge >= 0.3 is 0 Å². The second kappa shape index (κ2) is 7.16. The van der Waals surface area contributed by atoms with Crippen LogP contribution in [-0.2, 0) is 16.1 Å². The highest BCUT2D eigenvalue weighted by Gasteiger charge is 2.45. The van der Waals surface area contributed by atoms with E-state index in [1.54, 1.807) is 4.57 Å². The minimum absolute atomic E-state index is 0.191. The molecule has 0 saturated carbocycles. The minimum Gasteiger partial charge on any atom is -0.386 e. The number of nitrogens with zero attached hydrogens (tertiary/aromatic N) is 4. The summed E-state index contributed by atoms with van der Waals surface area (Å²) in [6, 6.07) is 9.72. The standard InChI is InChI=1S/C17H18ClN5O3/c18-6-11-14(25-7-10-4-2-1-3-5-10)13(24)17(26-11)23-9-22-12-15(19)20-8-21-16(12)23/h1-5,8-9,11,13-14,17,24H,6-7H2,(H2,19,20,21)/t11-,13-,14-,17-/m1/s1. The van der Waals surface area contributed by atoms with Crippen LogP contribution in [0.4, 0.5) is 5.82 Å². The van der Waals surface area contributed by atoms with Crippen LogP contribution < -0.4 is 5.73 Å². The van der Waals surface area contributed by atoms with Gasteiger partial charge in [0.25, 0.3) is 0 Å². The molecule has 0 amide bonds. The summed E-state index contributed by atoms with van der Waals surface area (Å²) in [5, 5.41) is 10.8. The quantitative estimate of drug-likeness (QED) is 0.650. The molecule has 0 aliphatic carbocycles. The normalized spacial score (nSPS) is 25.8. The van der Waals surface area contributed by atoms with E-state index >= 15 is 0 Å². The Balaban J connectivity index is 1.57. The summed E-state index contributed by atoms with van der Waals surface area (Å²) in [5.74, 6) is 0.462. The van der Waals surface area contributed by atoms with Crippen molar-refractivity contribution in [1.82, 2.24) is 19.5 Å². The zero-order valence-corrected chi connectivity index (χ0v) is 14.5. The highest BCUT2D eigenvalue weighted by molar-refractivity contribution is 6.18. The first kappa shape index (κ1) is 17.2. The van der Waals surface area contributed by atoms with Gasteiger partial charge in [-0.25, -0.2) is 15.0 Å². The van der Waals surface area contributed by atoms with Crippen molar-refractivity contribution in [2.24, 2.45) is 0 Å². The fourth-order valence-corrected chi connectivity index (χ4v) is 3.35. The van der Waals surface area contributed by atoms with Gasteiger partial charge in [0.1, 0.15) is 30.2 Å². The smallest absolute Gasteiger partial charge is 0.167 e. The molecule has 2 aromatic heterocycles. The molecule has 3 aromatic rings. The van der Waals surface area contributed by atoms with Crippen LogP contribution in [0.5, 0.6) is 0 Å². The number of hydrogen-bond acceptors (Lipinski definition) is 7. The van der Waals surface area contributed by atoms with Gasteiger partial charge in [-0.3, -0.25) is 4.57 Å². The third kappa shape index (κ3) is 3.01. The van der Waals surface area contributed by atoms with E-state index in [0.29, 0.717) is 17.8 Å². The van der Waals surface area contributed by atoms with E-state index in [2.05, 4.69) is 15.0 Å². The molecule has 4 rings (SSSR count). The first-order valence-corrected chi connectivity index (χ1v) is 8.70. The number of rotatable bonds is 5. The Hall–Kier alpha value is -2.26. The fourth-order valence-electron chi connectivity index (χ4n) is 3.10. The second-order valence-corrected chi connectivity index (χ2v) is 6.36. The van der Waals surface area contributed by atoms with Crippen LogP contribution in [0, 0.1) is 0 Å². The Bertz CT molecular complexity index is 890. The first-order valence-electron chi connectivity index (χ1n) is 8.17. The van der Waals surface area contributed by atoms with Gasteiger partial charge < -0.3 is 20.3 Å². The van der Waals surface area contributed by atoms with Gasteiger partial charge in [-0.1, -0.05) is 30.3 Å². The van der Waals surface area contributed by atoms with Crippen molar-refractivity contribution in [3.05, 3.63) is 48.5 Å². The maximum Gasteiger partial charge on any atom is 0.167 e. The van der Waals surface area contributed by atoms with Crippen LogP contribution >= 0.6 is 11.6 Å². The van der Waals surface area contributed by atoms with E-state index in [1.165, 1.54) is 12.7 Å². The third-order valence-corrected chi connectivity index (χ3v) is 4.71. The van der Waals surface area contributed by atoms with Crippen LogP contribution in [0.1, 0.15) is 11.8 Å². The van der Waals surface area contributed by atoms with Crippen LogP contribution in [-0.4, -0.2) is 48.8 Å². The molecule has 0 bridgehead atoms. The van der Waals surface area contributed by atoms with Gasteiger partial charge in [-0.15, -0.1) is 11.6 Å². The SMILES string of the molecule is Nc1ncnc2c1ncn2[C@@H]1O[C@H](CCl)[C@@H](OCc2ccccc2)[C@H]1O. The molecule has 136 valence electrons. The van der Waals surface area contributed by atoms with Gasteiger partial charge in [-0.05, 0) is 5.56 Å². The monoisotopic (exact) mass is 375 g/mol. The van der Waals surface area contributed by atoms with Crippen LogP contribution in [0.25, 0.3) is 11.2 Å². The number of nitrogen functional groups attached to an aromatic ring is 1. The molecular formula is C17H18ClN5O3. The summed E-state index contributed by atoms with van der Waals surface area (Å²) in [7, 11) is 0. The van der Waals surface area contributed by atoms with Gasteiger partial charge in [-0.2, -0.15) is 0 Å². The number of fused-ring (bicyclic) bond motifs is 1. The van der Waals surface area contributed by atoms with Gasteiger partial charge in [0, 0.05) is 0 Å². The largest absolute Gasteiger partial charge is 0.386 e. The molecule has 4 atom stereocenters. The average molecular weight is 376 g/mol. The third-order valence-electron chi connectivity index (χ3n) is 4.41. The predicted octanol–water partition coefficient (Wildman–Crippen LogP) is 1.49. The number of aliphatic hydroxyl groups excluding tert-OH is 1. The van der Waals surface area contributed by atoms with E-state index in [1.807, 2.05) is 30.3 Å². The van der Waals surface area contributed by atoms with E-state index in [4.69, 9.17) is 26.8 Å². The number of halogens is 1. The Morgan fingerprint density at radius 3 is 2.81 bits per heavy atom. The molecule has 1 fully saturated rings. The Labute approximate surface area is 154 Å². The number of nitrogens with two attached hydrogens (primary N) is 1. The summed E-state index contributed by atoms with van der Waals surface area (Å²) in [5.41, 5.74) is 7.77. The Morgan fingerprint density at radius 2 is 2.04 bits per heavy atom. The number of alkyl halides is 1. The van der Waals surface area contributed by atoms with Crippen molar-refractivity contribution in [2.45, 2.75) is 31.1 Å². The molecule has 3 heterocycles. The molecule has 0 spiro atoms. The zero-order chi connectivity index (χ0) is 18.1. The topological polar surface area (TPSA) is 108 Å². The summed E-state index contributed by atoms with van der Waals surface area (Å²) >= 11 is 6.03. The summed E-state index contributed by atoms with van der Waals surface area (Å²) < 4.78 is 13.5. The first-order chi connectivity index (χ1) is 12.7. The van der Waals surface area contributed by atoms with Gasteiger partial charge in [0.05, 0.1) is 18.8 Å². The van der Waals surface area contributed by atoms with E-state index < -0.39 is 24.5 Å². The second-order valence-electron chi connectivity index (χ2n) is 6.05. The number of imidazole rings is 1. The highest BCUT2D eigenvalue weighted by atomic mass is 35.5. The number of hydrogen-bond donors (Lipinski definition) is 2. The molecular weight excluding hydrogens is 358 g/mol. The van der Waals surface area contributed by atoms with Crippen LogP contribution in [0.2, 0.25) is 0 Å². The average Bonchev–Trinajstić information content (AvgIpc) is 3.22. The van der Waals surface area contributed by atoms with Gasteiger partial charge in [0.2, 0.25) is 0 Å². The lowest BCUT2D eigenvalue weighted by molar-refractivity contribution is -0.0421. The maximum absolute atomic E-state index is 10.8. The van der Waals surface area contributed by atoms with Crippen molar-refractivity contribution in [2.75, 3.05) is 11.6 Å². The van der Waals surface area contributed by atoms with Crippen molar-refractivity contribution in [3.8, 4) is 0 Å². The molecule has 1 aliphatic heterocycles. The maximum atomic E-state index is 10.8. The molecule has 1 aromatic carbocycles. The summed E-state index contributed by atoms with van der Waals surface area (Å²) in [6.45, 7) is 0.353. The molecule has 3 N–H and O–H groups in total. The molecule has 0 radical (unpaired) electrons. The van der Waals surface area contributed by atoms with Crippen LogP contribution in [0.3, 0.4) is 0 Å². The van der Waals surface area contributed by atoms with Crippen molar-refractivity contribution >= 4 is 28.6 Å². The van der Waals surface area contributed by atoms with Crippen molar-refractivity contribution < 1.29 is 14.6 Å². The number of ether oxygens (including phenoxy) is 2. The molecule has 9 heteroatoms. The fraction of sp³-hybridized carbons (Fsp3) is 0.353. The highest BCUT2D eigenvalue weighted by Crippen LogP contribution is 2.34. The number of aliphatic hydroxyl groups is 1. The Morgan fingerprint density at radius 1 is 1.23 bits per heavy atom. The Kier molecular flexibility index (Phi) is 4.73. The van der Waals surface area contributed by atoms with Crippen LogP contribution in [0.15, 0.2) is 43.0 Å². The molecule has 1 saturated heterocycles. The molecule has 26 heavy (non-hydrogen) atoms. The van der Waals surface area contributed by atoms with E-state index in [9.17, 15) is 5.11 Å². The molecule has 8 nitrogen and oxygen atoms in total. The summed E-state index contributed by atoms with van der Waals surface area (Å²) in [6.07, 6.45) is 0.176. The van der Waals surface area contributed by atoms with E-state index in [0.717, 1.165) is 5.56 Å². The lowest BCUT2D eigenvalue weighted by atomic mass is 10.1. The van der Waals surface area contributed by atoms with Crippen molar-refractivity contribution in [1.29, 1.82) is 0 Å². The minimum atomic E-state index is -0.934. The molecule has 0 unspecified atom stereocenters. The van der Waals surface area contributed by atoms with E-state index in [-0.39, 0.29) is 11.7 Å².